The number of benzene rings is 2. The number of carbonyl (C=O) groups is 2. The van der Waals surface area contributed by atoms with Crippen molar-refractivity contribution in [3.63, 3.8) is 0 Å². The average molecular weight is 322 g/mol. The van der Waals surface area contributed by atoms with E-state index in [1.54, 1.807) is 0 Å². The molecule has 0 aromatic heterocycles. The molecule has 0 heterocycles. The van der Waals surface area contributed by atoms with E-state index in [1.165, 1.54) is 0 Å². The molecule has 24 heavy (non-hydrogen) atoms. The van der Waals surface area contributed by atoms with Crippen molar-refractivity contribution < 1.29 is 9.59 Å². The van der Waals surface area contributed by atoms with Crippen molar-refractivity contribution >= 4 is 11.6 Å². The Balaban J connectivity index is 2.12. The van der Waals surface area contributed by atoms with E-state index in [-0.39, 0.29) is 17.5 Å². The Labute approximate surface area is 144 Å². The summed E-state index contributed by atoms with van der Waals surface area (Å²) < 4.78 is 0. The lowest BCUT2D eigenvalue weighted by atomic mass is 9.79. The summed E-state index contributed by atoms with van der Waals surface area (Å²) in [5.74, 6) is 0.340. The van der Waals surface area contributed by atoms with Crippen LogP contribution in [0.15, 0.2) is 54.6 Å². The summed E-state index contributed by atoms with van der Waals surface area (Å²) in [7, 11) is 0. The van der Waals surface area contributed by atoms with Crippen LogP contribution in [0.2, 0.25) is 0 Å². The van der Waals surface area contributed by atoms with E-state index in [2.05, 4.69) is 0 Å². The molecule has 0 N–H and O–H groups in total. The van der Waals surface area contributed by atoms with Crippen molar-refractivity contribution in [3.05, 3.63) is 71.3 Å². The molecule has 2 aromatic rings. The fourth-order valence-corrected chi connectivity index (χ4v) is 2.80. The Morgan fingerprint density at radius 2 is 1.54 bits per heavy atom. The highest BCUT2D eigenvalue weighted by molar-refractivity contribution is 5.97. The molecule has 0 aliphatic rings. The molecule has 0 amide bonds. The lowest BCUT2D eigenvalue weighted by Gasteiger charge is -2.23. The molecule has 126 valence electrons. The normalized spacial score (nSPS) is 11.5. The Hall–Kier alpha value is -2.22. The van der Waals surface area contributed by atoms with Gasteiger partial charge in [-0.25, -0.2) is 0 Å². The number of hydrogen-bond acceptors (Lipinski definition) is 2. The van der Waals surface area contributed by atoms with Crippen LogP contribution in [0.1, 0.15) is 49.2 Å². The minimum absolute atomic E-state index is 0.0204. The second kappa shape index (κ2) is 7.57. The maximum Gasteiger partial charge on any atom is 0.165 e. The van der Waals surface area contributed by atoms with Gasteiger partial charge in [-0.2, -0.15) is 0 Å². The molecule has 0 aliphatic heterocycles. The third kappa shape index (κ3) is 4.64. The molecule has 2 aromatic carbocycles. The molecular weight excluding hydrogens is 296 g/mol. The van der Waals surface area contributed by atoms with Crippen molar-refractivity contribution in [2.24, 2.45) is 11.3 Å². The molecule has 0 bridgehead atoms. The highest BCUT2D eigenvalue weighted by atomic mass is 16.1. The number of Topliss-reactive ketones (excluding diaryl/α,β-unsaturated/α-hetero) is 2. The van der Waals surface area contributed by atoms with Crippen molar-refractivity contribution in [1.82, 2.24) is 0 Å². The van der Waals surface area contributed by atoms with E-state index in [9.17, 15) is 9.59 Å². The van der Waals surface area contributed by atoms with Crippen LogP contribution in [0.4, 0.5) is 0 Å². The van der Waals surface area contributed by atoms with Gasteiger partial charge in [0.2, 0.25) is 0 Å². The van der Waals surface area contributed by atoms with Crippen molar-refractivity contribution in [3.8, 4) is 0 Å². The second-order valence-electron chi connectivity index (χ2n) is 7.37. The fraction of sp³-hybridized carbons (Fsp3) is 0.364. The van der Waals surface area contributed by atoms with E-state index >= 15 is 0 Å². The summed E-state index contributed by atoms with van der Waals surface area (Å²) in [4.78, 5) is 24.9. The quantitative estimate of drug-likeness (QED) is 0.679. The Bertz CT molecular complexity index is 712. The third-order valence-electron chi connectivity index (χ3n) is 4.34. The van der Waals surface area contributed by atoms with Crippen LogP contribution in [0.25, 0.3) is 0 Å². The van der Waals surface area contributed by atoms with Crippen LogP contribution in [0.3, 0.4) is 0 Å². The summed E-state index contributed by atoms with van der Waals surface area (Å²) >= 11 is 0. The van der Waals surface area contributed by atoms with E-state index < -0.39 is 5.41 Å². The zero-order valence-corrected chi connectivity index (χ0v) is 15.0. The maximum absolute atomic E-state index is 12.7. The minimum atomic E-state index is -0.463. The van der Waals surface area contributed by atoms with Crippen molar-refractivity contribution in [1.29, 1.82) is 0 Å². The Morgan fingerprint density at radius 3 is 2.17 bits per heavy atom. The molecule has 0 atom stereocenters. The Kier molecular flexibility index (Phi) is 5.71. The zero-order valence-electron chi connectivity index (χ0n) is 15.0. The van der Waals surface area contributed by atoms with Gasteiger partial charge in [-0.1, -0.05) is 76.2 Å². The van der Waals surface area contributed by atoms with Gasteiger partial charge < -0.3 is 0 Å². The highest BCUT2D eigenvalue weighted by Crippen LogP contribution is 2.26. The first-order valence-corrected chi connectivity index (χ1v) is 8.50. The highest BCUT2D eigenvalue weighted by Gasteiger charge is 2.28. The standard InChI is InChI=1S/C22H26O2/c1-16(2)21(24)19-12-8-11-18(13-19)15-22(3,4)20(23)14-17-9-6-5-7-10-17/h5-13,16H,14-15H2,1-4H3. The lowest BCUT2D eigenvalue weighted by Crippen LogP contribution is -2.28. The number of ketones is 2. The van der Waals surface area contributed by atoms with Crippen LogP contribution < -0.4 is 0 Å². The van der Waals surface area contributed by atoms with Crippen LogP contribution in [0.5, 0.6) is 0 Å². The Morgan fingerprint density at radius 1 is 0.917 bits per heavy atom. The number of rotatable bonds is 7. The van der Waals surface area contributed by atoms with Gasteiger partial charge in [0, 0.05) is 23.3 Å². The van der Waals surface area contributed by atoms with E-state index in [0.717, 1.165) is 16.7 Å². The van der Waals surface area contributed by atoms with Gasteiger partial charge in [-0.05, 0) is 23.6 Å². The summed E-state index contributed by atoms with van der Waals surface area (Å²) in [6.07, 6.45) is 1.08. The molecule has 0 fully saturated rings. The molecule has 0 saturated carbocycles. The smallest absolute Gasteiger partial charge is 0.165 e. The van der Waals surface area contributed by atoms with Gasteiger partial charge >= 0.3 is 0 Å². The molecule has 2 nitrogen and oxygen atoms in total. The molecule has 0 aliphatic carbocycles. The minimum Gasteiger partial charge on any atom is -0.299 e. The van der Waals surface area contributed by atoms with Gasteiger partial charge in [0.1, 0.15) is 5.78 Å². The van der Waals surface area contributed by atoms with E-state index in [4.69, 9.17) is 0 Å². The summed E-state index contributed by atoms with van der Waals surface area (Å²) in [6.45, 7) is 7.77. The number of hydrogen-bond donors (Lipinski definition) is 0. The lowest BCUT2D eigenvalue weighted by molar-refractivity contribution is -0.126. The predicted octanol–water partition coefficient (Wildman–Crippen LogP) is 4.91. The van der Waals surface area contributed by atoms with Crippen molar-refractivity contribution in [2.45, 2.75) is 40.5 Å². The van der Waals surface area contributed by atoms with Crippen LogP contribution in [0, 0.1) is 11.3 Å². The molecule has 0 radical (unpaired) electrons. The summed E-state index contributed by atoms with van der Waals surface area (Å²) in [5, 5.41) is 0. The van der Waals surface area contributed by atoms with Gasteiger partial charge in [-0.15, -0.1) is 0 Å². The first kappa shape index (κ1) is 18.1. The van der Waals surface area contributed by atoms with Gasteiger partial charge in [-0.3, -0.25) is 9.59 Å². The van der Waals surface area contributed by atoms with E-state index in [0.29, 0.717) is 12.8 Å². The zero-order chi connectivity index (χ0) is 17.7. The summed E-state index contributed by atoms with van der Waals surface area (Å²) in [5.41, 5.74) is 2.34. The number of carbonyl (C=O) groups excluding carboxylic acids is 2. The van der Waals surface area contributed by atoms with Crippen LogP contribution in [-0.4, -0.2) is 11.6 Å². The van der Waals surface area contributed by atoms with Crippen molar-refractivity contribution in [2.75, 3.05) is 0 Å². The van der Waals surface area contributed by atoms with Crippen LogP contribution in [-0.2, 0) is 17.6 Å². The first-order valence-electron chi connectivity index (χ1n) is 8.50. The molecule has 0 saturated heterocycles. The molecular formula is C22H26O2. The molecule has 2 rings (SSSR count). The SMILES string of the molecule is CC(C)C(=O)c1cccc(CC(C)(C)C(=O)Cc2ccccc2)c1. The summed E-state index contributed by atoms with van der Waals surface area (Å²) in [6, 6.07) is 17.5. The van der Waals surface area contributed by atoms with Gasteiger partial charge in [0.05, 0.1) is 0 Å². The largest absolute Gasteiger partial charge is 0.299 e. The van der Waals surface area contributed by atoms with Gasteiger partial charge in [0.15, 0.2) is 5.78 Å². The van der Waals surface area contributed by atoms with Crippen LogP contribution >= 0.6 is 0 Å². The first-order chi connectivity index (χ1) is 11.3. The molecule has 0 spiro atoms. The second-order valence-corrected chi connectivity index (χ2v) is 7.37. The predicted molar refractivity (Wildman–Crippen MR) is 98.2 cm³/mol. The topological polar surface area (TPSA) is 34.1 Å². The molecule has 2 heteroatoms. The van der Waals surface area contributed by atoms with Gasteiger partial charge in [0.25, 0.3) is 0 Å². The fourth-order valence-electron chi connectivity index (χ4n) is 2.80. The molecule has 0 unspecified atom stereocenters. The third-order valence-corrected chi connectivity index (χ3v) is 4.34. The van der Waals surface area contributed by atoms with E-state index in [1.807, 2.05) is 82.3 Å². The average Bonchev–Trinajstić information content (AvgIpc) is 2.54. The monoisotopic (exact) mass is 322 g/mol. The maximum atomic E-state index is 12.7.